The van der Waals surface area contributed by atoms with Gasteiger partial charge in [-0.2, -0.15) is 0 Å². The summed E-state index contributed by atoms with van der Waals surface area (Å²) >= 11 is 0. The lowest BCUT2D eigenvalue weighted by Crippen LogP contribution is -2.29. The summed E-state index contributed by atoms with van der Waals surface area (Å²) in [7, 11) is -4.40. The summed E-state index contributed by atoms with van der Waals surface area (Å²) in [6.07, 6.45) is 55.2. The van der Waals surface area contributed by atoms with Gasteiger partial charge in [-0.15, -0.1) is 0 Å². The van der Waals surface area contributed by atoms with Crippen LogP contribution in [0.15, 0.2) is 72.9 Å². The van der Waals surface area contributed by atoms with Crippen LogP contribution >= 0.6 is 7.82 Å². The average Bonchev–Trinajstić information content (AvgIpc) is 3.22. The minimum absolute atomic E-state index is 0.0418. The van der Waals surface area contributed by atoms with Crippen LogP contribution in [0.3, 0.4) is 0 Å². The summed E-state index contributed by atoms with van der Waals surface area (Å²) < 4.78 is 32.8. The topological polar surface area (TPSA) is 134 Å². The van der Waals surface area contributed by atoms with E-state index >= 15 is 0 Å². The lowest BCUT2D eigenvalue weighted by molar-refractivity contribution is -0.161. The van der Waals surface area contributed by atoms with Gasteiger partial charge in [-0.1, -0.05) is 202 Å². The Bertz CT molecular complexity index is 1190. The molecule has 59 heavy (non-hydrogen) atoms. The predicted molar refractivity (Wildman–Crippen MR) is 247 cm³/mol. The molecule has 0 aromatic rings. The number of rotatable bonds is 43. The van der Waals surface area contributed by atoms with Crippen LogP contribution in [0.2, 0.25) is 0 Å². The first-order valence-corrected chi connectivity index (χ1v) is 24.9. The first kappa shape index (κ1) is 56.5. The highest BCUT2D eigenvalue weighted by molar-refractivity contribution is 7.47. The highest BCUT2D eigenvalue weighted by Gasteiger charge is 2.25. The summed E-state index contributed by atoms with van der Waals surface area (Å²) in [6, 6.07) is 0. The second kappa shape index (κ2) is 45.0. The van der Waals surface area contributed by atoms with Gasteiger partial charge in [-0.05, 0) is 51.4 Å². The third-order valence-corrected chi connectivity index (χ3v) is 10.6. The lowest BCUT2D eigenvalue weighted by atomic mass is 10.0. The van der Waals surface area contributed by atoms with Crippen LogP contribution in [0.5, 0.6) is 0 Å². The van der Waals surface area contributed by atoms with Crippen molar-refractivity contribution in [2.24, 2.45) is 5.73 Å². The molecule has 10 heteroatoms. The number of esters is 2. The van der Waals surface area contributed by atoms with Crippen LogP contribution in [-0.4, -0.2) is 49.3 Å². The normalized spacial score (nSPS) is 13.9. The molecule has 0 aliphatic rings. The number of phosphoric ester groups is 1. The molecule has 0 saturated carbocycles. The Morgan fingerprint density at radius 1 is 0.525 bits per heavy atom. The molecule has 340 valence electrons. The Morgan fingerprint density at radius 3 is 1.36 bits per heavy atom. The van der Waals surface area contributed by atoms with E-state index in [1.807, 2.05) is 12.2 Å². The largest absolute Gasteiger partial charge is 0.472 e. The molecule has 0 fully saturated rings. The van der Waals surface area contributed by atoms with Crippen LogP contribution < -0.4 is 5.73 Å². The molecule has 2 atom stereocenters. The second-order valence-corrected chi connectivity index (χ2v) is 16.7. The van der Waals surface area contributed by atoms with E-state index in [0.29, 0.717) is 12.8 Å². The third-order valence-electron chi connectivity index (χ3n) is 9.62. The van der Waals surface area contributed by atoms with Crippen LogP contribution in [0.25, 0.3) is 0 Å². The molecule has 0 amide bonds. The number of nitrogens with two attached hydrogens (primary N) is 1. The van der Waals surface area contributed by atoms with Crippen molar-refractivity contribution in [1.82, 2.24) is 0 Å². The number of allylic oxidation sites excluding steroid dienone is 12. The van der Waals surface area contributed by atoms with Crippen molar-refractivity contribution in [3.05, 3.63) is 72.9 Å². The van der Waals surface area contributed by atoms with Crippen molar-refractivity contribution < 1.29 is 37.6 Å². The molecule has 0 radical (unpaired) electrons. The Labute approximate surface area is 361 Å². The highest BCUT2D eigenvalue weighted by atomic mass is 31.2. The molecule has 0 aromatic carbocycles. The SMILES string of the molecule is CCC=CCC=CCC=CCC=CCC=CCC=CCCC(=O)OCC(COP(=O)(O)OCCN)OC(=O)CCCCCCCCCCCCCCCCCCCCC. The van der Waals surface area contributed by atoms with Crippen LogP contribution in [-0.2, 0) is 32.7 Å². The lowest BCUT2D eigenvalue weighted by Gasteiger charge is -2.19. The van der Waals surface area contributed by atoms with Gasteiger partial charge in [0.2, 0.25) is 0 Å². The number of ether oxygens (including phenoxy) is 2. The smallest absolute Gasteiger partial charge is 0.462 e. The fourth-order valence-corrected chi connectivity index (χ4v) is 6.96. The van der Waals surface area contributed by atoms with Gasteiger partial charge >= 0.3 is 19.8 Å². The van der Waals surface area contributed by atoms with Gasteiger partial charge in [-0.3, -0.25) is 18.6 Å². The minimum atomic E-state index is -4.40. The zero-order valence-electron chi connectivity index (χ0n) is 37.5. The van der Waals surface area contributed by atoms with E-state index in [1.165, 1.54) is 96.3 Å². The molecule has 0 rings (SSSR count). The summed E-state index contributed by atoms with van der Waals surface area (Å²) in [5, 5.41) is 0. The van der Waals surface area contributed by atoms with Gasteiger partial charge in [0.25, 0.3) is 0 Å². The molecule has 0 bridgehead atoms. The standard InChI is InChI=1S/C49H86NO8P/c1-3-5-7-9-11-13-15-17-19-21-23-25-27-29-31-33-35-37-39-41-48(51)55-45-47(46-57-59(53,54)56-44-43-50)58-49(52)42-40-38-36-34-32-30-28-26-24-22-20-18-16-14-12-10-8-6-4-2/h5,7,11,13,17,19,23,25,29,31,35,37,47H,3-4,6,8-10,12,14-16,18,20-22,24,26-28,30,32-34,36,38-46,50H2,1-2H3,(H,53,54). The summed E-state index contributed by atoms with van der Waals surface area (Å²) in [5.74, 6) is -0.925. The van der Waals surface area contributed by atoms with E-state index in [-0.39, 0.29) is 32.6 Å². The zero-order chi connectivity index (χ0) is 43.2. The van der Waals surface area contributed by atoms with Gasteiger partial charge in [0.15, 0.2) is 6.10 Å². The van der Waals surface area contributed by atoms with E-state index in [1.54, 1.807) is 0 Å². The average molecular weight is 848 g/mol. The van der Waals surface area contributed by atoms with Gasteiger partial charge < -0.3 is 20.1 Å². The molecule has 0 aromatic heterocycles. The molecule has 3 N–H and O–H groups in total. The predicted octanol–water partition coefficient (Wildman–Crippen LogP) is 13.8. The molecule has 0 aliphatic carbocycles. The van der Waals surface area contributed by atoms with E-state index in [2.05, 4.69) is 74.6 Å². The van der Waals surface area contributed by atoms with Gasteiger partial charge in [0.05, 0.1) is 13.2 Å². The Balaban J connectivity index is 4.21. The van der Waals surface area contributed by atoms with Crippen molar-refractivity contribution in [2.45, 2.75) is 200 Å². The number of phosphoric acid groups is 1. The third kappa shape index (κ3) is 44.8. The molecular formula is C49H86NO8P. The van der Waals surface area contributed by atoms with Crippen molar-refractivity contribution in [1.29, 1.82) is 0 Å². The highest BCUT2D eigenvalue weighted by Crippen LogP contribution is 2.43. The maximum atomic E-state index is 12.6. The Morgan fingerprint density at radius 2 is 0.932 bits per heavy atom. The summed E-state index contributed by atoms with van der Waals surface area (Å²) in [5.41, 5.74) is 5.35. The number of hydrogen-bond acceptors (Lipinski definition) is 8. The molecule has 0 saturated heterocycles. The maximum Gasteiger partial charge on any atom is 0.472 e. The molecule has 9 nitrogen and oxygen atoms in total. The summed E-state index contributed by atoms with van der Waals surface area (Å²) in [4.78, 5) is 34.9. The van der Waals surface area contributed by atoms with E-state index in [4.69, 9.17) is 24.3 Å². The number of unbranched alkanes of at least 4 members (excludes halogenated alkanes) is 18. The number of carbonyl (C=O) groups is 2. The van der Waals surface area contributed by atoms with E-state index < -0.39 is 32.5 Å². The van der Waals surface area contributed by atoms with Crippen molar-refractivity contribution in [3.8, 4) is 0 Å². The monoisotopic (exact) mass is 848 g/mol. The van der Waals surface area contributed by atoms with Gasteiger partial charge in [0.1, 0.15) is 6.61 Å². The van der Waals surface area contributed by atoms with E-state index in [0.717, 1.165) is 57.8 Å². The second-order valence-electron chi connectivity index (χ2n) is 15.2. The first-order chi connectivity index (χ1) is 28.8. The Hall–Kier alpha value is -2.55. The summed E-state index contributed by atoms with van der Waals surface area (Å²) in [6.45, 7) is 3.55. The molecule has 0 spiro atoms. The van der Waals surface area contributed by atoms with Crippen LogP contribution in [0.1, 0.15) is 194 Å². The fraction of sp³-hybridized carbons (Fsp3) is 0.714. The Kier molecular flexibility index (Phi) is 43.0. The molecular weight excluding hydrogens is 762 g/mol. The molecule has 0 heterocycles. The van der Waals surface area contributed by atoms with Gasteiger partial charge in [0, 0.05) is 19.4 Å². The van der Waals surface area contributed by atoms with Crippen molar-refractivity contribution in [3.63, 3.8) is 0 Å². The zero-order valence-corrected chi connectivity index (χ0v) is 38.4. The fourth-order valence-electron chi connectivity index (χ4n) is 6.19. The quantitative estimate of drug-likeness (QED) is 0.0266. The number of carbonyl (C=O) groups excluding carboxylic acids is 2. The van der Waals surface area contributed by atoms with Crippen molar-refractivity contribution >= 4 is 19.8 Å². The maximum absolute atomic E-state index is 12.6. The van der Waals surface area contributed by atoms with E-state index in [9.17, 15) is 19.0 Å². The van der Waals surface area contributed by atoms with Crippen LogP contribution in [0.4, 0.5) is 0 Å². The number of hydrogen-bond donors (Lipinski definition) is 2. The molecule has 0 aliphatic heterocycles. The van der Waals surface area contributed by atoms with Gasteiger partial charge in [-0.25, -0.2) is 4.57 Å². The van der Waals surface area contributed by atoms with Crippen molar-refractivity contribution in [2.75, 3.05) is 26.4 Å². The van der Waals surface area contributed by atoms with Crippen LogP contribution in [0, 0.1) is 0 Å². The molecule has 2 unspecified atom stereocenters. The first-order valence-electron chi connectivity index (χ1n) is 23.4. The minimum Gasteiger partial charge on any atom is -0.462 e.